The number of aromatic carboxylic acids is 1. The minimum absolute atomic E-state index is 0.271. The van der Waals surface area contributed by atoms with Gasteiger partial charge in [0.2, 0.25) is 0 Å². The number of carbonyl (C=O) groups is 1. The van der Waals surface area contributed by atoms with E-state index in [4.69, 9.17) is 0 Å². The fourth-order valence-corrected chi connectivity index (χ4v) is 3.89. The van der Waals surface area contributed by atoms with E-state index >= 15 is 0 Å². The van der Waals surface area contributed by atoms with E-state index in [0.717, 1.165) is 21.9 Å². The maximum Gasteiger partial charge on any atom is 0.347 e. The Morgan fingerprint density at radius 1 is 1.22 bits per heavy atom. The van der Waals surface area contributed by atoms with Crippen LogP contribution in [0.4, 0.5) is 0 Å². The number of nitrogens with zero attached hydrogens (tertiary/aromatic N) is 2. The first-order valence-corrected chi connectivity index (χ1v) is 8.33. The van der Waals surface area contributed by atoms with Crippen molar-refractivity contribution >= 4 is 22.3 Å². The summed E-state index contributed by atoms with van der Waals surface area (Å²) in [6, 6.07) is 6.27. The molecule has 0 aliphatic rings. The summed E-state index contributed by atoms with van der Waals surface area (Å²) in [5, 5.41) is 9.47. The van der Waals surface area contributed by atoms with Gasteiger partial charge < -0.3 is 5.11 Å². The molecular weight excluding hydrogens is 308 g/mol. The number of aryl methyl sites for hydroxylation is 2. The molecule has 0 aliphatic heterocycles. The summed E-state index contributed by atoms with van der Waals surface area (Å²) in [6.45, 7) is 10.2. The molecule has 120 valence electrons. The third kappa shape index (κ3) is 2.65. The second-order valence-electron chi connectivity index (χ2n) is 6.91. The van der Waals surface area contributed by atoms with Gasteiger partial charge in [-0.2, -0.15) is 0 Å². The van der Waals surface area contributed by atoms with Gasteiger partial charge in [-0.15, -0.1) is 0 Å². The summed E-state index contributed by atoms with van der Waals surface area (Å²) in [7, 11) is 0. The quantitative estimate of drug-likeness (QED) is 0.743. The van der Waals surface area contributed by atoms with E-state index in [1.165, 1.54) is 22.5 Å². The van der Waals surface area contributed by atoms with Gasteiger partial charge in [0.25, 0.3) is 0 Å². The van der Waals surface area contributed by atoms with Crippen LogP contribution in [0.3, 0.4) is 0 Å². The van der Waals surface area contributed by atoms with Gasteiger partial charge >= 0.3 is 5.97 Å². The number of benzene rings is 1. The van der Waals surface area contributed by atoms with Crippen molar-refractivity contribution < 1.29 is 9.90 Å². The van der Waals surface area contributed by atoms with Crippen LogP contribution in [0.2, 0.25) is 0 Å². The molecule has 3 aromatic rings. The van der Waals surface area contributed by atoms with E-state index in [-0.39, 0.29) is 5.41 Å². The van der Waals surface area contributed by atoms with Gasteiger partial charge in [0, 0.05) is 17.2 Å². The number of hydrogen-bond acceptors (Lipinski definition) is 3. The lowest BCUT2D eigenvalue weighted by molar-refractivity contribution is 0.0699. The van der Waals surface area contributed by atoms with E-state index in [1.807, 2.05) is 31.4 Å². The van der Waals surface area contributed by atoms with Crippen LogP contribution in [0.1, 0.15) is 47.3 Å². The normalized spacial score (nSPS) is 12.0. The van der Waals surface area contributed by atoms with Gasteiger partial charge in [-0.1, -0.05) is 44.2 Å². The van der Waals surface area contributed by atoms with Crippen LogP contribution in [0, 0.1) is 13.8 Å². The standard InChI is InChI=1S/C18H20N2O2S/c1-10-6-7-12(8-11(10)2)13-9-20-15(18(3,4)5)14(16(21)22)23-17(20)19-13/h6-9H,1-5H3,(H,21,22). The lowest BCUT2D eigenvalue weighted by Gasteiger charge is -2.18. The Balaban J connectivity index is 2.22. The molecule has 3 rings (SSSR count). The number of carboxylic acids is 1. The zero-order chi connectivity index (χ0) is 16.9. The Labute approximate surface area is 139 Å². The van der Waals surface area contributed by atoms with Gasteiger partial charge in [0.05, 0.1) is 11.4 Å². The van der Waals surface area contributed by atoms with Crippen LogP contribution < -0.4 is 0 Å². The molecule has 0 saturated heterocycles. The lowest BCUT2D eigenvalue weighted by atomic mass is 9.91. The van der Waals surface area contributed by atoms with Crippen LogP contribution >= 0.6 is 11.3 Å². The highest BCUT2D eigenvalue weighted by Gasteiger charge is 2.28. The van der Waals surface area contributed by atoms with Crippen molar-refractivity contribution in [3.05, 3.63) is 46.1 Å². The molecule has 0 spiro atoms. The van der Waals surface area contributed by atoms with Crippen LogP contribution in [0.25, 0.3) is 16.2 Å². The van der Waals surface area contributed by atoms with E-state index in [0.29, 0.717) is 4.88 Å². The van der Waals surface area contributed by atoms with Gasteiger partial charge in [-0.3, -0.25) is 4.40 Å². The molecule has 0 radical (unpaired) electrons. The van der Waals surface area contributed by atoms with E-state index in [2.05, 4.69) is 37.0 Å². The minimum atomic E-state index is -0.891. The molecule has 0 bridgehead atoms. The summed E-state index contributed by atoms with van der Waals surface area (Å²) in [5.74, 6) is -0.891. The number of imidazole rings is 1. The smallest absolute Gasteiger partial charge is 0.347 e. The zero-order valence-corrected chi connectivity index (χ0v) is 14.8. The predicted octanol–water partition coefficient (Wildman–Crippen LogP) is 4.68. The largest absolute Gasteiger partial charge is 0.477 e. The Bertz CT molecular complexity index is 913. The Kier molecular flexibility index (Phi) is 3.56. The fourth-order valence-electron chi connectivity index (χ4n) is 2.73. The fraction of sp³-hybridized carbons (Fsp3) is 0.333. The van der Waals surface area contributed by atoms with Crippen molar-refractivity contribution in [1.82, 2.24) is 9.38 Å². The van der Waals surface area contributed by atoms with Gasteiger partial charge in [-0.05, 0) is 31.0 Å². The zero-order valence-electron chi connectivity index (χ0n) is 14.0. The van der Waals surface area contributed by atoms with Gasteiger partial charge in [-0.25, -0.2) is 9.78 Å². The van der Waals surface area contributed by atoms with Crippen LogP contribution in [-0.4, -0.2) is 20.5 Å². The Morgan fingerprint density at radius 2 is 1.91 bits per heavy atom. The number of thiazole rings is 1. The predicted molar refractivity (Wildman–Crippen MR) is 93.6 cm³/mol. The van der Waals surface area contributed by atoms with E-state index in [9.17, 15) is 9.90 Å². The lowest BCUT2D eigenvalue weighted by Crippen LogP contribution is -2.17. The van der Waals surface area contributed by atoms with Crippen molar-refractivity contribution in [2.24, 2.45) is 0 Å². The first-order valence-electron chi connectivity index (χ1n) is 7.52. The Hall–Kier alpha value is -2.14. The van der Waals surface area contributed by atoms with E-state index < -0.39 is 5.97 Å². The van der Waals surface area contributed by atoms with Crippen molar-refractivity contribution in [2.45, 2.75) is 40.0 Å². The average molecular weight is 328 g/mol. The molecule has 1 aromatic carbocycles. The summed E-state index contributed by atoms with van der Waals surface area (Å²) in [6.07, 6.45) is 1.95. The molecule has 4 nitrogen and oxygen atoms in total. The molecule has 2 heterocycles. The average Bonchev–Trinajstić information content (AvgIpc) is 2.97. The molecule has 0 amide bonds. The number of carboxylic acid groups (broad SMARTS) is 1. The van der Waals surface area contributed by atoms with Crippen molar-refractivity contribution in [1.29, 1.82) is 0 Å². The SMILES string of the molecule is Cc1ccc(-c2cn3c(C(C)(C)C)c(C(=O)O)sc3n2)cc1C. The summed E-state index contributed by atoms with van der Waals surface area (Å²) < 4.78 is 1.93. The molecular formula is C18H20N2O2S. The van der Waals surface area contributed by atoms with Crippen LogP contribution in [-0.2, 0) is 5.41 Å². The van der Waals surface area contributed by atoms with Crippen molar-refractivity contribution in [3.63, 3.8) is 0 Å². The van der Waals surface area contributed by atoms with Crippen molar-refractivity contribution in [3.8, 4) is 11.3 Å². The third-order valence-electron chi connectivity index (χ3n) is 4.03. The molecule has 0 aliphatic carbocycles. The topological polar surface area (TPSA) is 54.6 Å². The summed E-state index contributed by atoms with van der Waals surface area (Å²) in [4.78, 5) is 17.3. The van der Waals surface area contributed by atoms with E-state index in [1.54, 1.807) is 0 Å². The highest BCUT2D eigenvalue weighted by atomic mass is 32.1. The number of aromatic nitrogens is 2. The minimum Gasteiger partial charge on any atom is -0.477 e. The first kappa shape index (κ1) is 15.7. The monoisotopic (exact) mass is 328 g/mol. The summed E-state index contributed by atoms with van der Waals surface area (Å²) in [5.41, 5.74) is 4.93. The maximum absolute atomic E-state index is 11.5. The molecule has 0 fully saturated rings. The Morgan fingerprint density at radius 3 is 2.48 bits per heavy atom. The van der Waals surface area contributed by atoms with Gasteiger partial charge in [0.15, 0.2) is 4.96 Å². The highest BCUT2D eigenvalue weighted by Crippen LogP contribution is 2.34. The second kappa shape index (κ2) is 5.20. The maximum atomic E-state index is 11.5. The van der Waals surface area contributed by atoms with Gasteiger partial charge in [0.1, 0.15) is 4.88 Å². The first-order chi connectivity index (χ1) is 10.7. The molecule has 23 heavy (non-hydrogen) atoms. The molecule has 0 unspecified atom stereocenters. The number of rotatable bonds is 2. The molecule has 0 saturated carbocycles. The van der Waals surface area contributed by atoms with Crippen molar-refractivity contribution in [2.75, 3.05) is 0 Å². The number of fused-ring (bicyclic) bond motifs is 1. The molecule has 1 N–H and O–H groups in total. The highest BCUT2D eigenvalue weighted by molar-refractivity contribution is 7.19. The molecule has 5 heteroatoms. The number of hydrogen-bond donors (Lipinski definition) is 1. The molecule has 0 atom stereocenters. The summed E-state index contributed by atoms with van der Waals surface area (Å²) >= 11 is 1.23. The van der Waals surface area contributed by atoms with Crippen LogP contribution in [0.5, 0.6) is 0 Å². The second-order valence-corrected chi connectivity index (χ2v) is 7.89. The molecule has 2 aromatic heterocycles. The third-order valence-corrected chi connectivity index (χ3v) is 5.07. The van der Waals surface area contributed by atoms with Crippen LogP contribution in [0.15, 0.2) is 24.4 Å².